The highest BCUT2D eigenvalue weighted by atomic mass is 19.4. The number of aromatic amines is 1. The summed E-state index contributed by atoms with van der Waals surface area (Å²) in [6, 6.07) is 11.9. The molecule has 2 nitrogen and oxygen atoms in total. The van der Waals surface area contributed by atoms with Gasteiger partial charge in [0.2, 0.25) is 0 Å². The van der Waals surface area contributed by atoms with Crippen LogP contribution >= 0.6 is 0 Å². The monoisotopic (exact) mass is 303 g/mol. The van der Waals surface area contributed by atoms with Crippen LogP contribution in [-0.4, -0.2) is 4.98 Å². The molecule has 5 heteroatoms. The molecular formula is C17H12F3NO. The second kappa shape index (κ2) is 5.02. The van der Waals surface area contributed by atoms with Crippen molar-refractivity contribution in [3.05, 3.63) is 69.9 Å². The minimum atomic E-state index is -4.42. The van der Waals surface area contributed by atoms with E-state index in [2.05, 4.69) is 4.98 Å². The summed E-state index contributed by atoms with van der Waals surface area (Å²) in [5.41, 5.74) is 0.841. The number of rotatable bonds is 1. The fraction of sp³-hybridized carbons (Fsp3) is 0.118. The van der Waals surface area contributed by atoms with Gasteiger partial charge in [-0.05, 0) is 36.8 Å². The van der Waals surface area contributed by atoms with Crippen molar-refractivity contribution < 1.29 is 13.2 Å². The maximum Gasteiger partial charge on any atom is 0.416 e. The van der Waals surface area contributed by atoms with E-state index >= 15 is 0 Å². The number of hydrogen-bond acceptors (Lipinski definition) is 1. The van der Waals surface area contributed by atoms with Crippen molar-refractivity contribution in [1.82, 2.24) is 4.98 Å². The minimum absolute atomic E-state index is 0.179. The topological polar surface area (TPSA) is 32.9 Å². The highest BCUT2D eigenvalue weighted by Crippen LogP contribution is 2.32. The van der Waals surface area contributed by atoms with Crippen molar-refractivity contribution in [3.8, 4) is 11.3 Å². The van der Waals surface area contributed by atoms with E-state index < -0.39 is 11.7 Å². The van der Waals surface area contributed by atoms with Crippen LogP contribution in [0.1, 0.15) is 11.1 Å². The summed E-state index contributed by atoms with van der Waals surface area (Å²) in [5.74, 6) is 0. The molecular weight excluding hydrogens is 291 g/mol. The highest BCUT2D eigenvalue weighted by molar-refractivity contribution is 5.83. The predicted molar refractivity (Wildman–Crippen MR) is 79.7 cm³/mol. The smallest absolute Gasteiger partial charge is 0.354 e. The summed E-state index contributed by atoms with van der Waals surface area (Å²) in [6.07, 6.45) is -4.42. The largest absolute Gasteiger partial charge is 0.416 e. The van der Waals surface area contributed by atoms with Gasteiger partial charge in [-0.25, -0.2) is 0 Å². The molecule has 0 unspecified atom stereocenters. The third-order valence-corrected chi connectivity index (χ3v) is 3.63. The average molecular weight is 303 g/mol. The first-order valence-corrected chi connectivity index (χ1v) is 6.67. The first-order valence-electron chi connectivity index (χ1n) is 6.67. The average Bonchev–Trinajstić information content (AvgIpc) is 2.50. The Morgan fingerprint density at radius 1 is 1.00 bits per heavy atom. The lowest BCUT2D eigenvalue weighted by Gasteiger charge is -2.11. The van der Waals surface area contributed by atoms with Crippen molar-refractivity contribution in [3.63, 3.8) is 0 Å². The van der Waals surface area contributed by atoms with E-state index in [0.717, 1.165) is 12.1 Å². The number of hydrogen-bond donors (Lipinski definition) is 1. The summed E-state index contributed by atoms with van der Waals surface area (Å²) < 4.78 is 38.5. The van der Waals surface area contributed by atoms with Crippen molar-refractivity contribution >= 4 is 10.9 Å². The first kappa shape index (κ1) is 14.4. The van der Waals surface area contributed by atoms with Crippen LogP contribution in [0.25, 0.3) is 22.2 Å². The molecule has 2 aromatic carbocycles. The minimum Gasteiger partial charge on any atom is -0.354 e. The van der Waals surface area contributed by atoms with Gasteiger partial charge in [-0.15, -0.1) is 0 Å². The second-order valence-electron chi connectivity index (χ2n) is 5.08. The number of H-pyrrole nitrogens is 1. The third-order valence-electron chi connectivity index (χ3n) is 3.63. The lowest BCUT2D eigenvalue weighted by Crippen LogP contribution is -2.10. The van der Waals surface area contributed by atoms with Gasteiger partial charge in [0.05, 0.1) is 11.3 Å². The highest BCUT2D eigenvalue weighted by Gasteiger charge is 2.30. The van der Waals surface area contributed by atoms with E-state index in [9.17, 15) is 18.0 Å². The molecule has 0 aliphatic rings. The molecule has 0 saturated carbocycles. The molecule has 1 heterocycles. The van der Waals surface area contributed by atoms with Gasteiger partial charge in [0.1, 0.15) is 0 Å². The summed E-state index contributed by atoms with van der Waals surface area (Å²) in [7, 11) is 0. The van der Waals surface area contributed by atoms with Crippen molar-refractivity contribution in [2.75, 3.05) is 0 Å². The molecule has 0 spiro atoms. The molecule has 3 aromatic rings. The van der Waals surface area contributed by atoms with Crippen molar-refractivity contribution in [1.29, 1.82) is 0 Å². The molecule has 1 N–H and O–H groups in total. The molecule has 0 radical (unpaired) electrons. The van der Waals surface area contributed by atoms with Crippen LogP contribution in [0.3, 0.4) is 0 Å². The Balaban J connectivity index is 2.27. The first-order chi connectivity index (χ1) is 10.4. The molecule has 0 aliphatic heterocycles. The summed E-state index contributed by atoms with van der Waals surface area (Å²) in [4.78, 5) is 15.4. The maximum atomic E-state index is 12.8. The van der Waals surface area contributed by atoms with Gasteiger partial charge in [-0.1, -0.05) is 24.3 Å². The number of nitrogens with one attached hydrogen (secondary N) is 1. The predicted octanol–water partition coefficient (Wildman–Crippen LogP) is 4.52. The Labute approximate surface area is 124 Å². The SMILES string of the molecule is Cc1c(-c2cccc(C(F)(F)F)c2)[nH]c2ccccc2c1=O. The van der Waals surface area contributed by atoms with Crippen molar-refractivity contribution in [2.45, 2.75) is 13.1 Å². The Hall–Kier alpha value is -2.56. The number of halogens is 3. The van der Waals surface area contributed by atoms with E-state index in [4.69, 9.17) is 0 Å². The van der Waals surface area contributed by atoms with Crippen LogP contribution < -0.4 is 5.43 Å². The van der Waals surface area contributed by atoms with Gasteiger partial charge in [-0.3, -0.25) is 4.79 Å². The molecule has 0 aliphatic carbocycles. The van der Waals surface area contributed by atoms with E-state index in [1.165, 1.54) is 6.07 Å². The van der Waals surface area contributed by atoms with E-state index in [1.54, 1.807) is 37.3 Å². The number of aromatic nitrogens is 1. The lowest BCUT2D eigenvalue weighted by atomic mass is 10.0. The number of alkyl halides is 3. The maximum absolute atomic E-state index is 12.8. The fourth-order valence-electron chi connectivity index (χ4n) is 2.47. The number of benzene rings is 2. The molecule has 0 saturated heterocycles. The van der Waals surface area contributed by atoms with Gasteiger partial charge >= 0.3 is 6.18 Å². The van der Waals surface area contributed by atoms with E-state index in [0.29, 0.717) is 27.7 Å². The van der Waals surface area contributed by atoms with Gasteiger partial charge in [0.15, 0.2) is 5.43 Å². The van der Waals surface area contributed by atoms with Crippen LogP contribution in [0.5, 0.6) is 0 Å². The van der Waals surface area contributed by atoms with Gasteiger partial charge in [0, 0.05) is 16.5 Å². The zero-order valence-corrected chi connectivity index (χ0v) is 11.7. The Morgan fingerprint density at radius 2 is 1.73 bits per heavy atom. The fourth-order valence-corrected chi connectivity index (χ4v) is 2.47. The molecule has 3 rings (SSSR count). The molecule has 0 fully saturated rings. The van der Waals surface area contributed by atoms with Crippen LogP contribution in [0.15, 0.2) is 53.3 Å². The van der Waals surface area contributed by atoms with E-state index in [-0.39, 0.29) is 5.43 Å². The second-order valence-corrected chi connectivity index (χ2v) is 5.08. The normalized spacial score (nSPS) is 11.8. The van der Waals surface area contributed by atoms with Crippen molar-refractivity contribution in [2.24, 2.45) is 0 Å². The van der Waals surface area contributed by atoms with Crippen LogP contribution in [-0.2, 0) is 6.18 Å². The number of para-hydroxylation sites is 1. The summed E-state index contributed by atoms with van der Waals surface area (Å²) in [5, 5.41) is 0.524. The van der Waals surface area contributed by atoms with Gasteiger partial charge in [0.25, 0.3) is 0 Å². The van der Waals surface area contributed by atoms with Crippen LogP contribution in [0, 0.1) is 6.92 Å². The van der Waals surface area contributed by atoms with Gasteiger partial charge < -0.3 is 4.98 Å². The molecule has 0 bridgehead atoms. The Morgan fingerprint density at radius 3 is 2.45 bits per heavy atom. The summed E-state index contributed by atoms with van der Waals surface area (Å²) in [6.45, 7) is 1.61. The number of fused-ring (bicyclic) bond motifs is 1. The summed E-state index contributed by atoms with van der Waals surface area (Å²) >= 11 is 0. The Kier molecular flexibility index (Phi) is 3.28. The molecule has 112 valence electrons. The molecule has 0 amide bonds. The van der Waals surface area contributed by atoms with Crippen LogP contribution in [0.4, 0.5) is 13.2 Å². The standard InChI is InChI=1S/C17H12F3NO/c1-10-15(11-5-4-6-12(9-11)17(18,19)20)21-14-8-3-2-7-13(14)16(10)22/h2-9H,1H3,(H,21,22). The quantitative estimate of drug-likeness (QED) is 0.704. The van der Waals surface area contributed by atoms with E-state index in [1.807, 2.05) is 0 Å². The third kappa shape index (κ3) is 2.39. The Bertz CT molecular complexity index is 910. The molecule has 0 atom stereocenters. The molecule has 1 aromatic heterocycles. The zero-order chi connectivity index (χ0) is 15.9. The molecule has 22 heavy (non-hydrogen) atoms. The van der Waals surface area contributed by atoms with Gasteiger partial charge in [-0.2, -0.15) is 13.2 Å². The van der Waals surface area contributed by atoms with Crippen LogP contribution in [0.2, 0.25) is 0 Å². The number of pyridine rings is 1. The zero-order valence-electron chi connectivity index (χ0n) is 11.7. The lowest BCUT2D eigenvalue weighted by molar-refractivity contribution is -0.137.